The molecule has 3 heterocycles. The molecule has 0 spiro atoms. The van der Waals surface area contributed by atoms with Gasteiger partial charge in [-0.15, -0.1) is 0 Å². The van der Waals surface area contributed by atoms with Crippen LogP contribution in [0.15, 0.2) is 42.6 Å². The standard InChI is InChI=1S/C23H25N4/c1-14(2)26-13-22(25(5)16(26)4)18-12-21-17(10-15(18)3)11-23-24-19-8-6-7-9-20(19)27(21)23/h6-10,12-14H,11H2,1-5H3/q+1. The lowest BCUT2D eigenvalue weighted by Gasteiger charge is -2.09. The van der Waals surface area contributed by atoms with Crippen molar-refractivity contribution in [1.82, 2.24) is 14.1 Å². The van der Waals surface area contributed by atoms with Crippen LogP contribution < -0.4 is 4.57 Å². The fraction of sp³-hybridized carbons (Fsp3) is 0.304. The number of hydrogen-bond acceptors (Lipinski definition) is 1. The van der Waals surface area contributed by atoms with Gasteiger partial charge in [0.2, 0.25) is 0 Å². The van der Waals surface area contributed by atoms with Gasteiger partial charge in [0.15, 0.2) is 5.69 Å². The van der Waals surface area contributed by atoms with Crippen LogP contribution in [0.2, 0.25) is 0 Å². The molecule has 0 bridgehead atoms. The molecule has 1 aliphatic heterocycles. The summed E-state index contributed by atoms with van der Waals surface area (Å²) < 4.78 is 6.98. The Bertz CT molecular complexity index is 1210. The van der Waals surface area contributed by atoms with Crippen molar-refractivity contribution in [2.24, 2.45) is 7.05 Å². The van der Waals surface area contributed by atoms with Gasteiger partial charge in [-0.2, -0.15) is 0 Å². The first kappa shape index (κ1) is 16.3. The van der Waals surface area contributed by atoms with Crippen LogP contribution in [-0.2, 0) is 13.5 Å². The van der Waals surface area contributed by atoms with E-state index < -0.39 is 0 Å². The average molecular weight is 357 g/mol. The molecule has 5 rings (SSSR count). The molecule has 136 valence electrons. The molecular formula is C23H25N4+. The average Bonchev–Trinajstić information content (AvgIpc) is 3.25. The van der Waals surface area contributed by atoms with Crippen molar-refractivity contribution in [3.63, 3.8) is 0 Å². The molecule has 0 saturated carbocycles. The van der Waals surface area contributed by atoms with E-state index in [0.29, 0.717) is 6.04 Å². The molecular weight excluding hydrogens is 332 g/mol. The van der Waals surface area contributed by atoms with Crippen molar-refractivity contribution < 1.29 is 4.57 Å². The van der Waals surface area contributed by atoms with Crippen LogP contribution in [0.1, 0.15) is 42.7 Å². The van der Waals surface area contributed by atoms with E-state index in [4.69, 9.17) is 4.98 Å². The third-order valence-electron chi connectivity index (χ3n) is 5.96. The van der Waals surface area contributed by atoms with Crippen LogP contribution >= 0.6 is 0 Å². The Labute approximate surface area is 159 Å². The Kier molecular flexibility index (Phi) is 3.36. The van der Waals surface area contributed by atoms with E-state index in [-0.39, 0.29) is 0 Å². The Hall–Kier alpha value is -2.88. The van der Waals surface area contributed by atoms with E-state index in [2.05, 4.69) is 91.0 Å². The predicted octanol–water partition coefficient (Wildman–Crippen LogP) is 4.42. The molecule has 0 unspecified atom stereocenters. The molecule has 0 saturated heterocycles. The summed E-state index contributed by atoms with van der Waals surface area (Å²) in [5.41, 5.74) is 8.79. The van der Waals surface area contributed by atoms with Crippen molar-refractivity contribution in [2.45, 2.75) is 40.2 Å². The van der Waals surface area contributed by atoms with E-state index in [0.717, 1.165) is 17.8 Å². The zero-order valence-electron chi connectivity index (χ0n) is 16.6. The summed E-state index contributed by atoms with van der Waals surface area (Å²) in [6, 6.07) is 13.6. The van der Waals surface area contributed by atoms with Gasteiger partial charge in [0.25, 0.3) is 5.82 Å². The Morgan fingerprint density at radius 1 is 1.11 bits per heavy atom. The van der Waals surface area contributed by atoms with Gasteiger partial charge in [-0.25, -0.2) is 14.1 Å². The zero-order chi connectivity index (χ0) is 18.9. The van der Waals surface area contributed by atoms with Crippen molar-refractivity contribution in [1.29, 1.82) is 0 Å². The summed E-state index contributed by atoms with van der Waals surface area (Å²) in [4.78, 5) is 4.85. The summed E-state index contributed by atoms with van der Waals surface area (Å²) >= 11 is 0. The maximum atomic E-state index is 4.85. The summed E-state index contributed by atoms with van der Waals surface area (Å²) in [5.74, 6) is 2.41. The number of rotatable bonds is 2. The summed E-state index contributed by atoms with van der Waals surface area (Å²) in [5, 5.41) is 0. The molecule has 1 aliphatic rings. The fourth-order valence-electron chi connectivity index (χ4n) is 4.45. The van der Waals surface area contributed by atoms with Crippen molar-refractivity contribution in [3.8, 4) is 16.9 Å². The highest BCUT2D eigenvalue weighted by molar-refractivity contribution is 5.81. The predicted molar refractivity (Wildman–Crippen MR) is 108 cm³/mol. The first-order valence-corrected chi connectivity index (χ1v) is 9.63. The number of nitrogens with zero attached hydrogens (tertiary/aromatic N) is 4. The van der Waals surface area contributed by atoms with Crippen molar-refractivity contribution >= 4 is 11.0 Å². The number of aryl methyl sites for hydroxylation is 1. The monoisotopic (exact) mass is 357 g/mol. The normalized spacial score (nSPS) is 12.8. The molecule has 2 aromatic carbocycles. The highest BCUT2D eigenvalue weighted by Gasteiger charge is 2.27. The minimum absolute atomic E-state index is 0.448. The largest absolute Gasteiger partial charge is 0.296 e. The Balaban J connectivity index is 1.75. The van der Waals surface area contributed by atoms with Gasteiger partial charge in [-0.1, -0.05) is 18.2 Å². The first-order chi connectivity index (χ1) is 13.0. The van der Waals surface area contributed by atoms with Crippen LogP contribution in [0.25, 0.3) is 28.0 Å². The first-order valence-electron chi connectivity index (χ1n) is 9.63. The Morgan fingerprint density at radius 2 is 1.89 bits per heavy atom. The van der Waals surface area contributed by atoms with Gasteiger partial charge in [-0.3, -0.25) is 4.57 Å². The minimum atomic E-state index is 0.448. The van der Waals surface area contributed by atoms with Crippen molar-refractivity contribution in [3.05, 3.63) is 65.4 Å². The maximum Gasteiger partial charge on any atom is 0.253 e. The lowest BCUT2D eigenvalue weighted by Crippen LogP contribution is -2.37. The zero-order valence-corrected chi connectivity index (χ0v) is 16.6. The highest BCUT2D eigenvalue weighted by Crippen LogP contribution is 2.36. The summed E-state index contributed by atoms with van der Waals surface area (Å²) in [6.07, 6.45) is 3.19. The van der Waals surface area contributed by atoms with Crippen LogP contribution in [0.4, 0.5) is 0 Å². The van der Waals surface area contributed by atoms with E-state index in [1.54, 1.807) is 0 Å². The van der Waals surface area contributed by atoms with Gasteiger partial charge in [0.05, 0.1) is 29.8 Å². The molecule has 0 aliphatic carbocycles. The van der Waals surface area contributed by atoms with Crippen LogP contribution in [0.5, 0.6) is 0 Å². The van der Waals surface area contributed by atoms with Crippen LogP contribution in [0.3, 0.4) is 0 Å². The van der Waals surface area contributed by atoms with Gasteiger partial charge in [0.1, 0.15) is 12.0 Å². The lowest BCUT2D eigenvalue weighted by atomic mass is 10.0. The molecule has 0 N–H and O–H groups in total. The van der Waals surface area contributed by atoms with E-state index >= 15 is 0 Å². The SMILES string of the molecule is Cc1cc2c(cc1-c1c[n+](C(C)C)c(C)n1C)-n1c(nc3ccccc31)C2. The second kappa shape index (κ2) is 5.56. The van der Waals surface area contributed by atoms with Gasteiger partial charge in [-0.05, 0) is 50.1 Å². The number of aromatic nitrogens is 4. The molecule has 4 aromatic rings. The minimum Gasteiger partial charge on any atom is -0.296 e. The molecule has 2 aromatic heterocycles. The van der Waals surface area contributed by atoms with E-state index in [1.165, 1.54) is 39.4 Å². The molecule has 0 radical (unpaired) electrons. The van der Waals surface area contributed by atoms with Gasteiger partial charge >= 0.3 is 0 Å². The van der Waals surface area contributed by atoms with Gasteiger partial charge < -0.3 is 0 Å². The summed E-state index contributed by atoms with van der Waals surface area (Å²) in [6.45, 7) is 8.87. The third kappa shape index (κ3) is 2.22. The molecule has 0 amide bonds. The number of hydrogen-bond donors (Lipinski definition) is 0. The maximum absolute atomic E-state index is 4.85. The van der Waals surface area contributed by atoms with Crippen LogP contribution in [-0.4, -0.2) is 14.1 Å². The van der Waals surface area contributed by atoms with Crippen molar-refractivity contribution in [2.75, 3.05) is 0 Å². The highest BCUT2D eigenvalue weighted by atomic mass is 15.2. The molecule has 0 atom stereocenters. The number of para-hydroxylation sites is 2. The fourth-order valence-corrected chi connectivity index (χ4v) is 4.45. The molecule has 0 fully saturated rings. The number of imidazole rings is 2. The van der Waals surface area contributed by atoms with Crippen LogP contribution in [0, 0.1) is 13.8 Å². The lowest BCUT2D eigenvalue weighted by molar-refractivity contribution is -0.721. The second-order valence-electron chi connectivity index (χ2n) is 7.95. The van der Waals surface area contributed by atoms with E-state index in [1.807, 2.05) is 0 Å². The smallest absolute Gasteiger partial charge is 0.253 e. The Morgan fingerprint density at radius 3 is 2.63 bits per heavy atom. The molecule has 4 heteroatoms. The third-order valence-corrected chi connectivity index (χ3v) is 5.96. The van der Waals surface area contributed by atoms with Gasteiger partial charge in [0, 0.05) is 18.9 Å². The van der Waals surface area contributed by atoms with E-state index in [9.17, 15) is 0 Å². The molecule has 27 heavy (non-hydrogen) atoms. The quantitative estimate of drug-likeness (QED) is 0.430. The molecule has 4 nitrogen and oxygen atoms in total. The number of benzene rings is 2. The number of fused-ring (bicyclic) bond motifs is 5. The second-order valence-corrected chi connectivity index (χ2v) is 7.95. The topological polar surface area (TPSA) is 26.6 Å². The summed E-state index contributed by atoms with van der Waals surface area (Å²) in [7, 11) is 2.16.